The van der Waals surface area contributed by atoms with Crippen LogP contribution < -0.4 is 0 Å². The summed E-state index contributed by atoms with van der Waals surface area (Å²) in [5.41, 5.74) is 0.236. The van der Waals surface area contributed by atoms with Crippen molar-refractivity contribution in [3.63, 3.8) is 0 Å². The lowest BCUT2D eigenvalue weighted by Crippen LogP contribution is -2.59. The summed E-state index contributed by atoms with van der Waals surface area (Å²) < 4.78 is 11.2. The molecule has 3 aliphatic heterocycles. The van der Waals surface area contributed by atoms with Crippen LogP contribution in [0, 0.1) is 6.92 Å². The zero-order valence-corrected chi connectivity index (χ0v) is 15.0. The van der Waals surface area contributed by atoms with E-state index >= 15 is 0 Å². The molecule has 132 valence electrons. The first-order valence-electron chi connectivity index (χ1n) is 8.84. The number of thioether (sulfide) groups is 1. The van der Waals surface area contributed by atoms with E-state index in [1.54, 1.807) is 6.07 Å². The molecule has 3 fully saturated rings. The number of carbonyl (C=O) groups is 1. The fourth-order valence-corrected chi connectivity index (χ4v) is 5.31. The predicted molar refractivity (Wildman–Crippen MR) is 92.4 cm³/mol. The molecular formula is C17H25N3O3S. The zero-order chi connectivity index (χ0) is 16.6. The summed E-state index contributed by atoms with van der Waals surface area (Å²) in [5, 5.41) is 3.87. The van der Waals surface area contributed by atoms with Gasteiger partial charge in [0.05, 0.1) is 18.8 Å². The Kier molecular flexibility index (Phi) is 4.58. The average molecular weight is 351 g/mol. The molecule has 1 amide bonds. The van der Waals surface area contributed by atoms with Crippen LogP contribution in [0.2, 0.25) is 0 Å². The Balaban J connectivity index is 1.39. The number of rotatable bonds is 2. The van der Waals surface area contributed by atoms with Gasteiger partial charge >= 0.3 is 0 Å². The Morgan fingerprint density at radius 3 is 2.88 bits per heavy atom. The first-order valence-corrected chi connectivity index (χ1v) is 9.99. The molecule has 0 aromatic carbocycles. The Bertz CT molecular complexity index is 592. The van der Waals surface area contributed by atoms with E-state index in [0.717, 1.165) is 32.0 Å². The minimum Gasteiger partial charge on any atom is -0.371 e. The largest absolute Gasteiger partial charge is 0.371 e. The number of nitrogens with zero attached hydrogens (tertiary/aromatic N) is 3. The lowest BCUT2D eigenvalue weighted by atomic mass is 9.88. The molecule has 1 aromatic rings. The van der Waals surface area contributed by atoms with Gasteiger partial charge in [-0.2, -0.15) is 11.8 Å². The summed E-state index contributed by atoms with van der Waals surface area (Å²) in [4.78, 5) is 17.2. The highest BCUT2D eigenvalue weighted by Gasteiger charge is 2.42. The van der Waals surface area contributed by atoms with E-state index in [2.05, 4.69) is 21.8 Å². The van der Waals surface area contributed by atoms with Crippen molar-refractivity contribution >= 4 is 17.7 Å². The summed E-state index contributed by atoms with van der Waals surface area (Å²) in [6.45, 7) is 5.89. The number of piperidine rings is 1. The molecular weight excluding hydrogens is 326 g/mol. The maximum atomic E-state index is 12.6. The second-order valence-electron chi connectivity index (χ2n) is 7.13. The molecule has 3 aliphatic rings. The van der Waals surface area contributed by atoms with E-state index in [-0.39, 0.29) is 11.5 Å². The number of ether oxygens (including phenoxy) is 1. The second kappa shape index (κ2) is 6.69. The van der Waals surface area contributed by atoms with E-state index in [4.69, 9.17) is 9.26 Å². The van der Waals surface area contributed by atoms with E-state index in [9.17, 15) is 4.79 Å². The topological polar surface area (TPSA) is 58.8 Å². The van der Waals surface area contributed by atoms with Crippen LogP contribution in [0.3, 0.4) is 0 Å². The van der Waals surface area contributed by atoms with Crippen molar-refractivity contribution in [2.75, 3.05) is 44.3 Å². The first kappa shape index (κ1) is 16.4. The van der Waals surface area contributed by atoms with Gasteiger partial charge in [0.2, 0.25) is 0 Å². The normalized spacial score (nSPS) is 27.7. The first-order chi connectivity index (χ1) is 11.7. The summed E-state index contributed by atoms with van der Waals surface area (Å²) >= 11 is 2.07. The minimum atomic E-state index is -0.172. The lowest BCUT2D eigenvalue weighted by Gasteiger charge is -2.48. The molecule has 7 heteroatoms. The van der Waals surface area contributed by atoms with Gasteiger partial charge in [-0.05, 0) is 31.9 Å². The van der Waals surface area contributed by atoms with Crippen molar-refractivity contribution in [3.8, 4) is 0 Å². The number of hydrogen-bond acceptors (Lipinski definition) is 6. The van der Waals surface area contributed by atoms with Crippen molar-refractivity contribution < 1.29 is 14.1 Å². The zero-order valence-electron chi connectivity index (χ0n) is 14.2. The van der Waals surface area contributed by atoms with E-state index in [1.807, 2.05) is 11.8 Å². The Labute approximate surface area is 146 Å². The van der Waals surface area contributed by atoms with Crippen LogP contribution >= 0.6 is 11.8 Å². The number of aromatic nitrogens is 1. The highest BCUT2D eigenvalue weighted by atomic mass is 32.2. The number of likely N-dealkylation sites (tertiary alicyclic amines) is 1. The molecule has 1 unspecified atom stereocenters. The number of hydrogen-bond donors (Lipinski definition) is 0. The summed E-state index contributed by atoms with van der Waals surface area (Å²) in [5.74, 6) is 3.19. The molecule has 1 atom stereocenters. The monoisotopic (exact) mass is 351 g/mol. The van der Waals surface area contributed by atoms with Crippen molar-refractivity contribution in [3.05, 3.63) is 17.5 Å². The Morgan fingerprint density at radius 1 is 1.38 bits per heavy atom. The standard InChI is InChI=1S/C17H25N3O3S/c1-13-10-15(18-23-13)16(21)20-7-8-22-17(12-20)3-5-19(6-4-17)14-2-9-24-11-14/h10,14H,2-9,11-12H2,1H3. The van der Waals surface area contributed by atoms with Gasteiger partial charge in [-0.15, -0.1) is 0 Å². The van der Waals surface area contributed by atoms with Gasteiger partial charge in [0, 0.05) is 37.5 Å². The van der Waals surface area contributed by atoms with Gasteiger partial charge in [-0.25, -0.2) is 0 Å². The van der Waals surface area contributed by atoms with Crippen LogP contribution in [0.4, 0.5) is 0 Å². The minimum absolute atomic E-state index is 0.0378. The van der Waals surface area contributed by atoms with Crippen molar-refractivity contribution in [2.45, 2.75) is 37.8 Å². The lowest BCUT2D eigenvalue weighted by molar-refractivity contribution is -0.129. The maximum absolute atomic E-state index is 12.6. The quantitative estimate of drug-likeness (QED) is 0.810. The van der Waals surface area contributed by atoms with Crippen LogP contribution in [0.5, 0.6) is 0 Å². The molecule has 4 rings (SSSR count). The van der Waals surface area contributed by atoms with E-state index in [1.165, 1.54) is 17.9 Å². The molecule has 0 N–H and O–H groups in total. The van der Waals surface area contributed by atoms with Gasteiger partial charge in [0.15, 0.2) is 5.69 Å². The smallest absolute Gasteiger partial charge is 0.276 e. The van der Waals surface area contributed by atoms with Crippen LogP contribution in [0.15, 0.2) is 10.6 Å². The van der Waals surface area contributed by atoms with E-state index < -0.39 is 0 Å². The van der Waals surface area contributed by atoms with Crippen LogP contribution in [-0.2, 0) is 4.74 Å². The van der Waals surface area contributed by atoms with E-state index in [0.29, 0.717) is 31.2 Å². The van der Waals surface area contributed by atoms with Gasteiger partial charge < -0.3 is 14.2 Å². The fourth-order valence-electron chi connectivity index (χ4n) is 4.06. The third-order valence-corrected chi connectivity index (χ3v) is 6.66. The molecule has 1 spiro atoms. The number of aryl methyl sites for hydroxylation is 1. The van der Waals surface area contributed by atoms with Gasteiger partial charge in [0.25, 0.3) is 5.91 Å². The number of amides is 1. The van der Waals surface area contributed by atoms with Crippen LogP contribution in [-0.4, -0.2) is 76.8 Å². The van der Waals surface area contributed by atoms with Gasteiger partial charge in [-0.1, -0.05) is 5.16 Å². The number of carbonyl (C=O) groups excluding carboxylic acids is 1. The molecule has 1 aromatic heterocycles. The summed E-state index contributed by atoms with van der Waals surface area (Å²) in [6.07, 6.45) is 3.33. The third kappa shape index (κ3) is 3.21. The molecule has 4 heterocycles. The highest BCUT2D eigenvalue weighted by molar-refractivity contribution is 7.99. The van der Waals surface area contributed by atoms with Crippen LogP contribution in [0.25, 0.3) is 0 Å². The molecule has 0 aliphatic carbocycles. The Hall–Kier alpha value is -1.05. The molecule has 0 bridgehead atoms. The molecule has 6 nitrogen and oxygen atoms in total. The Morgan fingerprint density at radius 2 is 2.21 bits per heavy atom. The van der Waals surface area contributed by atoms with Crippen molar-refractivity contribution in [2.24, 2.45) is 0 Å². The number of morpholine rings is 1. The third-order valence-electron chi connectivity index (χ3n) is 5.51. The predicted octanol–water partition coefficient (Wildman–Crippen LogP) is 1.80. The molecule has 3 saturated heterocycles. The molecule has 0 saturated carbocycles. The van der Waals surface area contributed by atoms with Gasteiger partial charge in [-0.3, -0.25) is 9.69 Å². The fraction of sp³-hybridized carbons (Fsp3) is 0.765. The summed E-state index contributed by atoms with van der Waals surface area (Å²) in [6, 6.07) is 2.46. The van der Waals surface area contributed by atoms with Gasteiger partial charge in [0.1, 0.15) is 5.76 Å². The van der Waals surface area contributed by atoms with Crippen LogP contribution in [0.1, 0.15) is 35.5 Å². The second-order valence-corrected chi connectivity index (χ2v) is 8.28. The average Bonchev–Trinajstić information content (AvgIpc) is 3.27. The molecule has 24 heavy (non-hydrogen) atoms. The highest BCUT2D eigenvalue weighted by Crippen LogP contribution is 2.33. The van der Waals surface area contributed by atoms with Crippen molar-refractivity contribution in [1.29, 1.82) is 0 Å². The SMILES string of the molecule is Cc1cc(C(=O)N2CCOC3(CCN(C4CCSC4)CC3)C2)no1. The molecule has 0 radical (unpaired) electrons. The van der Waals surface area contributed by atoms with Crippen molar-refractivity contribution in [1.82, 2.24) is 15.0 Å². The maximum Gasteiger partial charge on any atom is 0.276 e. The summed E-state index contributed by atoms with van der Waals surface area (Å²) in [7, 11) is 0.